The molecule has 0 radical (unpaired) electrons. The number of benzene rings is 1. The van der Waals surface area contributed by atoms with Crippen molar-refractivity contribution in [3.05, 3.63) is 17.7 Å². The van der Waals surface area contributed by atoms with Gasteiger partial charge in [0.25, 0.3) is 0 Å². The van der Waals surface area contributed by atoms with Gasteiger partial charge in [0.05, 0.1) is 19.6 Å². The lowest BCUT2D eigenvalue weighted by Crippen LogP contribution is -2.36. The largest absolute Gasteiger partial charge is 0.502 e. The van der Waals surface area contributed by atoms with Crippen LogP contribution in [0.3, 0.4) is 0 Å². The Morgan fingerprint density at radius 1 is 1.38 bits per heavy atom. The molecular weight excluding hydrogens is 272 g/mol. The van der Waals surface area contributed by atoms with Crippen LogP contribution in [-0.4, -0.2) is 43.2 Å². The Morgan fingerprint density at radius 3 is 2.38 bits per heavy atom. The van der Waals surface area contributed by atoms with E-state index in [4.69, 9.17) is 15.2 Å². The summed E-state index contributed by atoms with van der Waals surface area (Å²) in [6, 6.07) is 3.55. The van der Waals surface area contributed by atoms with Crippen molar-refractivity contribution in [3.8, 4) is 17.2 Å². The van der Waals surface area contributed by atoms with Gasteiger partial charge in [-0.2, -0.15) is 0 Å². The van der Waals surface area contributed by atoms with Crippen molar-refractivity contribution in [3.63, 3.8) is 0 Å². The molecule has 1 saturated heterocycles. The summed E-state index contributed by atoms with van der Waals surface area (Å²) < 4.78 is 10.3. The molecule has 1 aliphatic heterocycles. The lowest BCUT2D eigenvalue weighted by molar-refractivity contribution is -0.126. The van der Waals surface area contributed by atoms with Crippen LogP contribution in [-0.2, 0) is 11.3 Å². The molecule has 2 rings (SSSR count). The zero-order valence-corrected chi connectivity index (χ0v) is 12.7. The van der Waals surface area contributed by atoms with Gasteiger partial charge >= 0.3 is 0 Å². The average molecular weight is 294 g/mol. The third-order valence-electron chi connectivity index (χ3n) is 4.09. The number of hydrogen-bond donors (Lipinski definition) is 2. The van der Waals surface area contributed by atoms with E-state index < -0.39 is 5.41 Å². The number of amides is 1. The maximum absolute atomic E-state index is 11.5. The molecule has 1 atom stereocenters. The Morgan fingerprint density at radius 2 is 1.95 bits per heavy atom. The van der Waals surface area contributed by atoms with Crippen LogP contribution in [0.1, 0.15) is 18.9 Å². The number of nitrogens with two attached hydrogens (primary N) is 1. The second-order valence-electron chi connectivity index (χ2n) is 5.73. The number of rotatable bonds is 5. The number of primary amides is 1. The molecule has 0 saturated carbocycles. The SMILES string of the molecule is COc1cc(CN2CCC(C)(C(N)=O)C2)cc(OC)c1O. The molecular formula is C15H22N2O4. The van der Waals surface area contributed by atoms with E-state index in [1.54, 1.807) is 12.1 Å². The molecule has 6 nitrogen and oxygen atoms in total. The van der Waals surface area contributed by atoms with Crippen molar-refractivity contribution >= 4 is 5.91 Å². The van der Waals surface area contributed by atoms with Gasteiger partial charge in [-0.25, -0.2) is 0 Å². The second kappa shape index (κ2) is 5.81. The molecule has 1 aromatic rings. The molecule has 0 bridgehead atoms. The summed E-state index contributed by atoms with van der Waals surface area (Å²) in [4.78, 5) is 13.7. The predicted octanol–water partition coefficient (Wildman–Crippen LogP) is 1.11. The van der Waals surface area contributed by atoms with E-state index in [1.807, 2.05) is 6.92 Å². The van der Waals surface area contributed by atoms with Crippen LogP contribution in [0.5, 0.6) is 17.2 Å². The number of phenolic OH excluding ortho intramolecular Hbond substituents is 1. The van der Waals surface area contributed by atoms with Gasteiger partial charge in [-0.1, -0.05) is 0 Å². The first-order valence-electron chi connectivity index (χ1n) is 6.86. The molecule has 0 aromatic heterocycles. The summed E-state index contributed by atoms with van der Waals surface area (Å²) >= 11 is 0. The first-order valence-corrected chi connectivity index (χ1v) is 6.86. The van der Waals surface area contributed by atoms with Crippen molar-refractivity contribution < 1.29 is 19.4 Å². The fourth-order valence-corrected chi connectivity index (χ4v) is 2.69. The Hall–Kier alpha value is -1.95. The van der Waals surface area contributed by atoms with Crippen LogP contribution in [0, 0.1) is 5.41 Å². The van der Waals surface area contributed by atoms with E-state index in [0.29, 0.717) is 24.6 Å². The summed E-state index contributed by atoms with van der Waals surface area (Å²) in [5.74, 6) is 0.487. The minimum atomic E-state index is -0.467. The van der Waals surface area contributed by atoms with Crippen LogP contribution in [0.4, 0.5) is 0 Å². The van der Waals surface area contributed by atoms with Gasteiger partial charge in [0.1, 0.15) is 0 Å². The third-order valence-corrected chi connectivity index (χ3v) is 4.09. The van der Waals surface area contributed by atoms with Gasteiger partial charge < -0.3 is 20.3 Å². The number of carbonyl (C=O) groups excluding carboxylic acids is 1. The van der Waals surface area contributed by atoms with E-state index in [-0.39, 0.29) is 11.7 Å². The van der Waals surface area contributed by atoms with Gasteiger partial charge in [0, 0.05) is 13.1 Å². The highest BCUT2D eigenvalue weighted by molar-refractivity contribution is 5.81. The van der Waals surface area contributed by atoms with Gasteiger partial charge in [0.2, 0.25) is 11.7 Å². The van der Waals surface area contributed by atoms with Crippen molar-refractivity contribution in [2.24, 2.45) is 11.1 Å². The standard InChI is InChI=1S/C15H22N2O4/c1-15(14(16)19)4-5-17(9-15)8-10-6-11(20-2)13(18)12(7-10)21-3/h6-7,18H,4-5,8-9H2,1-3H3,(H2,16,19). The van der Waals surface area contributed by atoms with Crippen LogP contribution in [0.2, 0.25) is 0 Å². The molecule has 6 heteroatoms. The number of phenols is 1. The van der Waals surface area contributed by atoms with E-state index in [2.05, 4.69) is 4.90 Å². The molecule has 1 aliphatic rings. The number of likely N-dealkylation sites (tertiary alicyclic amines) is 1. The lowest BCUT2D eigenvalue weighted by Gasteiger charge is -2.21. The molecule has 1 fully saturated rings. The van der Waals surface area contributed by atoms with Gasteiger partial charge in [0.15, 0.2) is 11.5 Å². The molecule has 0 spiro atoms. The molecule has 1 unspecified atom stereocenters. The maximum Gasteiger partial charge on any atom is 0.224 e. The van der Waals surface area contributed by atoms with E-state index >= 15 is 0 Å². The molecule has 1 amide bonds. The fourth-order valence-electron chi connectivity index (χ4n) is 2.69. The smallest absolute Gasteiger partial charge is 0.224 e. The summed E-state index contributed by atoms with van der Waals surface area (Å²) in [5.41, 5.74) is 5.95. The highest BCUT2D eigenvalue weighted by atomic mass is 16.5. The number of aromatic hydroxyl groups is 1. The monoisotopic (exact) mass is 294 g/mol. The molecule has 0 aliphatic carbocycles. The van der Waals surface area contributed by atoms with Gasteiger partial charge in [-0.05, 0) is 37.6 Å². The maximum atomic E-state index is 11.5. The molecule has 3 N–H and O–H groups in total. The zero-order chi connectivity index (χ0) is 15.6. The highest BCUT2D eigenvalue weighted by Gasteiger charge is 2.38. The Labute approximate surface area is 124 Å². The quantitative estimate of drug-likeness (QED) is 0.849. The highest BCUT2D eigenvalue weighted by Crippen LogP contribution is 2.38. The van der Waals surface area contributed by atoms with Crippen molar-refractivity contribution in [2.75, 3.05) is 27.3 Å². The number of hydrogen-bond acceptors (Lipinski definition) is 5. The lowest BCUT2D eigenvalue weighted by atomic mass is 9.89. The van der Waals surface area contributed by atoms with Crippen LogP contribution in [0.25, 0.3) is 0 Å². The minimum Gasteiger partial charge on any atom is -0.502 e. The van der Waals surface area contributed by atoms with Crippen LogP contribution >= 0.6 is 0 Å². The average Bonchev–Trinajstić information content (AvgIpc) is 2.83. The van der Waals surface area contributed by atoms with Gasteiger partial charge in [-0.3, -0.25) is 9.69 Å². The fraction of sp³-hybridized carbons (Fsp3) is 0.533. The first kappa shape index (κ1) is 15.4. The van der Waals surface area contributed by atoms with Crippen LogP contribution < -0.4 is 15.2 Å². The summed E-state index contributed by atoms with van der Waals surface area (Å²) in [5, 5.41) is 9.91. The minimum absolute atomic E-state index is 0.00727. The van der Waals surface area contributed by atoms with E-state index in [9.17, 15) is 9.90 Å². The summed E-state index contributed by atoms with van der Waals surface area (Å²) in [7, 11) is 3.00. The Bertz CT molecular complexity index is 521. The number of ether oxygens (including phenoxy) is 2. The van der Waals surface area contributed by atoms with E-state index in [1.165, 1.54) is 14.2 Å². The number of methoxy groups -OCH3 is 2. The van der Waals surface area contributed by atoms with Crippen molar-refractivity contribution in [1.29, 1.82) is 0 Å². The molecule has 1 heterocycles. The predicted molar refractivity (Wildman–Crippen MR) is 78.4 cm³/mol. The topological polar surface area (TPSA) is 85.0 Å². The molecule has 21 heavy (non-hydrogen) atoms. The van der Waals surface area contributed by atoms with Crippen LogP contribution in [0.15, 0.2) is 12.1 Å². The Balaban J connectivity index is 2.16. The molecule has 116 valence electrons. The third kappa shape index (κ3) is 3.05. The second-order valence-corrected chi connectivity index (χ2v) is 5.73. The van der Waals surface area contributed by atoms with Gasteiger partial charge in [-0.15, -0.1) is 0 Å². The molecule has 1 aromatic carbocycles. The summed E-state index contributed by atoms with van der Waals surface area (Å²) in [6.07, 6.45) is 0.759. The normalized spacial score (nSPS) is 22.2. The first-order chi connectivity index (χ1) is 9.89. The zero-order valence-electron chi connectivity index (χ0n) is 12.7. The number of nitrogens with zero attached hydrogens (tertiary/aromatic N) is 1. The van der Waals surface area contributed by atoms with Crippen molar-refractivity contribution in [1.82, 2.24) is 4.90 Å². The van der Waals surface area contributed by atoms with E-state index in [0.717, 1.165) is 18.5 Å². The summed E-state index contributed by atoms with van der Waals surface area (Å²) in [6.45, 7) is 3.99. The van der Waals surface area contributed by atoms with Crippen molar-refractivity contribution in [2.45, 2.75) is 19.9 Å². The Kier molecular flexibility index (Phi) is 4.27. The number of carbonyl (C=O) groups is 1.